The largest absolute Gasteiger partial charge is 0.322 e. The number of carbonyl (C=O) groups is 2. The van der Waals surface area contributed by atoms with Crippen LogP contribution in [-0.2, 0) is 0 Å². The smallest absolute Gasteiger partial charge is 0.257 e. The van der Waals surface area contributed by atoms with Crippen LogP contribution in [0, 0.1) is 6.92 Å². The molecule has 2 N–H and O–H groups in total. The number of anilines is 2. The number of fused-ring (bicyclic) bond motifs is 1. The van der Waals surface area contributed by atoms with Gasteiger partial charge in [0, 0.05) is 23.3 Å². The zero-order valence-electron chi connectivity index (χ0n) is 17.6. The average molecular weight is 413 g/mol. The number of para-hydroxylation sites is 1. The molecular weight excluding hydrogens is 390 g/mol. The fraction of sp³-hybridized carbons (Fsp3) is 0.167. The van der Waals surface area contributed by atoms with Crippen molar-refractivity contribution in [2.45, 2.75) is 26.8 Å². The first kappa shape index (κ1) is 20.3. The second-order valence-corrected chi connectivity index (χ2v) is 7.64. The van der Waals surface area contributed by atoms with Crippen molar-refractivity contribution in [2.24, 2.45) is 0 Å². The number of carbonyl (C=O) groups excluding carboxylic acids is 2. The van der Waals surface area contributed by atoms with E-state index in [4.69, 9.17) is 0 Å². The van der Waals surface area contributed by atoms with Crippen LogP contribution in [0.4, 0.5) is 11.4 Å². The molecule has 4 rings (SSSR count). The minimum atomic E-state index is -0.345. The molecule has 0 saturated carbocycles. The highest BCUT2D eigenvalue weighted by Crippen LogP contribution is 2.21. The highest BCUT2D eigenvalue weighted by Gasteiger charge is 2.16. The van der Waals surface area contributed by atoms with Crippen LogP contribution in [0.25, 0.3) is 11.0 Å². The molecule has 7 nitrogen and oxygen atoms in total. The van der Waals surface area contributed by atoms with Crippen molar-refractivity contribution >= 4 is 34.2 Å². The van der Waals surface area contributed by atoms with E-state index in [1.54, 1.807) is 36.5 Å². The summed E-state index contributed by atoms with van der Waals surface area (Å²) in [6.07, 6.45) is 3.22. The first-order chi connectivity index (χ1) is 14.9. The highest BCUT2D eigenvalue weighted by molar-refractivity contribution is 6.12. The Hall–Kier alpha value is -4.00. The van der Waals surface area contributed by atoms with E-state index < -0.39 is 0 Å². The molecule has 0 bridgehead atoms. The maximum Gasteiger partial charge on any atom is 0.257 e. The molecule has 0 atom stereocenters. The van der Waals surface area contributed by atoms with Crippen LogP contribution < -0.4 is 10.6 Å². The van der Waals surface area contributed by atoms with E-state index in [1.165, 1.54) is 6.20 Å². The third kappa shape index (κ3) is 4.30. The number of benzene rings is 2. The molecule has 0 radical (unpaired) electrons. The van der Waals surface area contributed by atoms with Gasteiger partial charge in [-0.15, -0.1) is 0 Å². The molecule has 0 aliphatic carbocycles. The lowest BCUT2D eigenvalue weighted by Gasteiger charge is -2.12. The van der Waals surface area contributed by atoms with Crippen LogP contribution in [-0.4, -0.2) is 26.6 Å². The molecule has 0 spiro atoms. The molecule has 0 aliphatic rings. The number of rotatable bonds is 5. The van der Waals surface area contributed by atoms with Gasteiger partial charge >= 0.3 is 0 Å². The van der Waals surface area contributed by atoms with Gasteiger partial charge in [0.2, 0.25) is 0 Å². The van der Waals surface area contributed by atoms with Gasteiger partial charge in [0.25, 0.3) is 11.8 Å². The van der Waals surface area contributed by atoms with Crippen LogP contribution in [0.5, 0.6) is 0 Å². The van der Waals surface area contributed by atoms with Gasteiger partial charge in [0.1, 0.15) is 0 Å². The van der Waals surface area contributed by atoms with Crippen LogP contribution >= 0.6 is 0 Å². The summed E-state index contributed by atoms with van der Waals surface area (Å²) in [6, 6.07) is 16.4. The van der Waals surface area contributed by atoms with Gasteiger partial charge in [-0.3, -0.25) is 9.59 Å². The number of pyridine rings is 1. The van der Waals surface area contributed by atoms with Crippen LogP contribution in [0.15, 0.2) is 67.0 Å². The van der Waals surface area contributed by atoms with Gasteiger partial charge in [-0.2, -0.15) is 5.10 Å². The summed E-state index contributed by atoms with van der Waals surface area (Å²) >= 11 is 0. The fourth-order valence-corrected chi connectivity index (χ4v) is 3.35. The number of nitrogens with one attached hydrogen (secondary N) is 2. The SMILES string of the molecule is Cc1cccc(NC(=O)c2ccccc2NC(=O)c2cnc3c(cnn3C(C)C)c2)c1. The second-order valence-electron chi connectivity index (χ2n) is 7.64. The summed E-state index contributed by atoms with van der Waals surface area (Å²) in [5.74, 6) is -0.643. The lowest BCUT2D eigenvalue weighted by molar-refractivity contribution is 0.102. The Labute approximate surface area is 180 Å². The maximum atomic E-state index is 12.9. The van der Waals surface area contributed by atoms with E-state index in [9.17, 15) is 9.59 Å². The molecule has 2 aromatic carbocycles. The summed E-state index contributed by atoms with van der Waals surface area (Å²) in [7, 11) is 0. The third-order valence-corrected chi connectivity index (χ3v) is 4.88. The van der Waals surface area contributed by atoms with E-state index in [0.717, 1.165) is 16.6 Å². The highest BCUT2D eigenvalue weighted by atomic mass is 16.2. The number of hydrogen-bond acceptors (Lipinski definition) is 4. The van der Waals surface area contributed by atoms with Crippen molar-refractivity contribution in [3.8, 4) is 0 Å². The third-order valence-electron chi connectivity index (χ3n) is 4.88. The Morgan fingerprint density at radius 3 is 2.52 bits per heavy atom. The predicted octanol–water partition coefficient (Wildman–Crippen LogP) is 4.83. The van der Waals surface area contributed by atoms with Gasteiger partial charge in [0.15, 0.2) is 5.65 Å². The van der Waals surface area contributed by atoms with E-state index in [1.807, 2.05) is 49.7 Å². The van der Waals surface area contributed by atoms with E-state index >= 15 is 0 Å². The van der Waals surface area contributed by atoms with Crippen molar-refractivity contribution in [1.82, 2.24) is 14.8 Å². The molecule has 31 heavy (non-hydrogen) atoms. The number of nitrogens with zero attached hydrogens (tertiary/aromatic N) is 3. The van der Waals surface area contributed by atoms with Crippen LogP contribution in [0.2, 0.25) is 0 Å². The molecule has 0 unspecified atom stereocenters. The van der Waals surface area contributed by atoms with Crippen LogP contribution in [0.1, 0.15) is 46.2 Å². The number of aromatic nitrogens is 3. The normalized spacial score (nSPS) is 11.0. The van der Waals surface area contributed by atoms with E-state index in [0.29, 0.717) is 22.5 Å². The maximum absolute atomic E-state index is 12.9. The summed E-state index contributed by atoms with van der Waals surface area (Å²) in [4.78, 5) is 30.1. The van der Waals surface area contributed by atoms with E-state index in [2.05, 4.69) is 20.7 Å². The fourth-order valence-electron chi connectivity index (χ4n) is 3.35. The van der Waals surface area contributed by atoms with Crippen molar-refractivity contribution < 1.29 is 9.59 Å². The summed E-state index contributed by atoms with van der Waals surface area (Å²) < 4.78 is 1.81. The Bertz CT molecular complexity index is 1280. The topological polar surface area (TPSA) is 88.9 Å². The predicted molar refractivity (Wildman–Crippen MR) is 121 cm³/mol. The van der Waals surface area contributed by atoms with Gasteiger partial charge in [-0.25, -0.2) is 9.67 Å². The Kier molecular flexibility index (Phi) is 5.49. The first-order valence-corrected chi connectivity index (χ1v) is 10.0. The zero-order chi connectivity index (χ0) is 22.0. The van der Waals surface area contributed by atoms with Crippen LogP contribution in [0.3, 0.4) is 0 Å². The standard InChI is InChI=1S/C24H23N5O2/c1-15(2)29-22-17(14-26-29)12-18(13-25-22)23(30)28-21-10-5-4-9-20(21)24(31)27-19-8-6-7-16(3)11-19/h4-15H,1-3H3,(H,27,31)(H,28,30). The van der Waals surface area contributed by atoms with Crippen molar-refractivity contribution in [3.05, 3.63) is 83.7 Å². The van der Waals surface area contributed by atoms with Gasteiger partial charge < -0.3 is 10.6 Å². The first-order valence-electron chi connectivity index (χ1n) is 10.0. The minimum Gasteiger partial charge on any atom is -0.322 e. The number of amides is 2. The average Bonchev–Trinajstić information content (AvgIpc) is 3.17. The summed E-state index contributed by atoms with van der Waals surface area (Å²) in [5, 5.41) is 10.8. The lowest BCUT2D eigenvalue weighted by Crippen LogP contribution is -2.18. The molecule has 0 fully saturated rings. The quantitative estimate of drug-likeness (QED) is 0.491. The van der Waals surface area contributed by atoms with E-state index in [-0.39, 0.29) is 17.9 Å². The lowest BCUT2D eigenvalue weighted by atomic mass is 10.1. The molecule has 0 saturated heterocycles. The summed E-state index contributed by atoms with van der Waals surface area (Å²) in [6.45, 7) is 6.00. The van der Waals surface area contributed by atoms with Gasteiger partial charge in [-0.05, 0) is 56.7 Å². The molecule has 7 heteroatoms. The van der Waals surface area contributed by atoms with Crippen molar-refractivity contribution in [1.29, 1.82) is 0 Å². The summed E-state index contributed by atoms with van der Waals surface area (Å²) in [5.41, 5.74) is 3.66. The van der Waals surface area contributed by atoms with Gasteiger partial charge in [0.05, 0.1) is 23.0 Å². The molecule has 156 valence electrons. The Morgan fingerprint density at radius 2 is 1.74 bits per heavy atom. The Morgan fingerprint density at radius 1 is 0.935 bits per heavy atom. The zero-order valence-corrected chi connectivity index (χ0v) is 17.6. The number of aryl methyl sites for hydroxylation is 1. The Balaban J connectivity index is 1.56. The molecule has 2 aromatic heterocycles. The second kappa shape index (κ2) is 8.39. The monoisotopic (exact) mass is 413 g/mol. The van der Waals surface area contributed by atoms with Crippen molar-refractivity contribution in [2.75, 3.05) is 10.6 Å². The number of hydrogen-bond donors (Lipinski definition) is 2. The molecule has 2 heterocycles. The molecule has 4 aromatic rings. The van der Waals surface area contributed by atoms with Gasteiger partial charge in [-0.1, -0.05) is 24.3 Å². The molecule has 2 amide bonds. The minimum absolute atomic E-state index is 0.170. The molecule has 0 aliphatic heterocycles. The van der Waals surface area contributed by atoms with Crippen molar-refractivity contribution in [3.63, 3.8) is 0 Å². The molecular formula is C24H23N5O2.